The fourth-order valence-electron chi connectivity index (χ4n) is 3.73. The monoisotopic (exact) mass is 314 g/mol. The minimum Gasteiger partial charge on any atom is -0.368 e. The van der Waals surface area contributed by atoms with E-state index in [1.807, 2.05) is 24.5 Å². The molecule has 120 valence electrons. The molecule has 2 heteroatoms. The summed E-state index contributed by atoms with van der Waals surface area (Å²) in [5.41, 5.74) is 9.08. The summed E-state index contributed by atoms with van der Waals surface area (Å²) in [4.78, 5) is 2.86. The Morgan fingerprint density at radius 1 is 0.792 bits per heavy atom. The molecular formula is C22H22N2. The maximum absolute atomic E-state index is 6.25. The van der Waals surface area contributed by atoms with E-state index >= 15 is 0 Å². The highest BCUT2D eigenvalue weighted by Crippen LogP contribution is 2.36. The molecule has 3 N–H and O–H groups in total. The van der Waals surface area contributed by atoms with Gasteiger partial charge in [-0.3, -0.25) is 0 Å². The van der Waals surface area contributed by atoms with Gasteiger partial charge in [0.1, 0.15) is 0 Å². The van der Waals surface area contributed by atoms with Crippen molar-refractivity contribution in [1.82, 2.24) is 4.98 Å². The quantitative estimate of drug-likeness (QED) is 0.422. The number of aryl methyl sites for hydroxylation is 1. The molecule has 0 radical (unpaired) electrons. The smallest absolute Gasteiger partial charge is 0.0297 e. The lowest BCUT2D eigenvalue weighted by Crippen LogP contribution is -2.17. The average molecular weight is 314 g/mol. The first-order chi connectivity index (χ1) is 11.8. The van der Waals surface area contributed by atoms with Gasteiger partial charge >= 0.3 is 0 Å². The Morgan fingerprint density at radius 3 is 2.38 bits per heavy atom. The van der Waals surface area contributed by atoms with E-state index in [-0.39, 0.29) is 6.04 Å². The van der Waals surface area contributed by atoms with E-state index in [1.165, 1.54) is 45.5 Å². The van der Waals surface area contributed by atoms with Crippen LogP contribution >= 0.6 is 0 Å². The number of nitrogens with one attached hydrogen (secondary N) is 1. The van der Waals surface area contributed by atoms with Gasteiger partial charge in [0.2, 0.25) is 0 Å². The minimum absolute atomic E-state index is 0.222. The van der Waals surface area contributed by atoms with Crippen LogP contribution in [0.4, 0.5) is 0 Å². The second kappa shape index (κ2) is 6.50. The number of aromatic amines is 1. The zero-order chi connectivity index (χ0) is 16.4. The summed E-state index contributed by atoms with van der Waals surface area (Å²) in [6.45, 7) is 0. The summed E-state index contributed by atoms with van der Waals surface area (Å²) in [6.07, 6.45) is 7.24. The third-order valence-corrected chi connectivity index (χ3v) is 4.91. The Kier molecular flexibility index (Phi) is 4.06. The number of fused-ring (bicyclic) bond motifs is 5. The molecule has 0 amide bonds. The fourth-order valence-corrected chi connectivity index (χ4v) is 3.73. The molecule has 5 rings (SSSR count). The van der Waals surface area contributed by atoms with Crippen molar-refractivity contribution < 1.29 is 0 Å². The van der Waals surface area contributed by atoms with Crippen LogP contribution < -0.4 is 5.73 Å². The predicted octanol–water partition coefficient (Wildman–Crippen LogP) is 5.34. The first kappa shape index (κ1) is 15.0. The second-order valence-electron chi connectivity index (χ2n) is 6.40. The Balaban J connectivity index is 0.000000252. The lowest BCUT2D eigenvalue weighted by atomic mass is 9.84. The molecular weight excluding hydrogens is 292 g/mol. The van der Waals surface area contributed by atoms with Crippen LogP contribution in [0.3, 0.4) is 0 Å². The molecule has 1 heterocycles. The van der Waals surface area contributed by atoms with Crippen LogP contribution in [0.5, 0.6) is 0 Å². The van der Waals surface area contributed by atoms with Gasteiger partial charge in [0.05, 0.1) is 0 Å². The molecule has 3 aromatic carbocycles. The van der Waals surface area contributed by atoms with Crippen LogP contribution in [0.15, 0.2) is 73.1 Å². The van der Waals surface area contributed by atoms with Crippen LogP contribution in [0.1, 0.15) is 30.0 Å². The Hall–Kier alpha value is -2.58. The fraction of sp³-hybridized carbons (Fsp3) is 0.182. The van der Waals surface area contributed by atoms with Crippen LogP contribution in [0.2, 0.25) is 0 Å². The van der Waals surface area contributed by atoms with Gasteiger partial charge in [-0.05, 0) is 64.1 Å². The topological polar surface area (TPSA) is 41.8 Å². The summed E-state index contributed by atoms with van der Waals surface area (Å²) < 4.78 is 0. The highest BCUT2D eigenvalue weighted by Gasteiger charge is 2.18. The summed E-state index contributed by atoms with van der Waals surface area (Å²) in [7, 11) is 0. The van der Waals surface area contributed by atoms with Crippen LogP contribution in [0.25, 0.3) is 21.5 Å². The summed E-state index contributed by atoms with van der Waals surface area (Å²) >= 11 is 0. The number of rotatable bonds is 0. The number of nitrogens with two attached hydrogens (primary N) is 1. The first-order valence-corrected chi connectivity index (χ1v) is 8.61. The van der Waals surface area contributed by atoms with E-state index in [0.29, 0.717) is 0 Å². The average Bonchev–Trinajstić information content (AvgIpc) is 3.21. The van der Waals surface area contributed by atoms with Gasteiger partial charge < -0.3 is 10.7 Å². The van der Waals surface area contributed by atoms with Crippen molar-refractivity contribution in [3.63, 3.8) is 0 Å². The number of benzene rings is 3. The Bertz CT molecular complexity index is 937. The van der Waals surface area contributed by atoms with Gasteiger partial charge in [0, 0.05) is 18.4 Å². The zero-order valence-electron chi connectivity index (χ0n) is 13.7. The SMILES string of the molecule is NC1CCCc2c1ccc1c2ccc2ccccc21.c1cc[nH]c1. The van der Waals surface area contributed by atoms with E-state index in [0.717, 1.165) is 6.42 Å². The van der Waals surface area contributed by atoms with E-state index in [9.17, 15) is 0 Å². The third kappa shape index (κ3) is 2.70. The number of H-pyrrole nitrogens is 1. The molecule has 1 atom stereocenters. The van der Waals surface area contributed by atoms with Gasteiger partial charge in [0.25, 0.3) is 0 Å². The summed E-state index contributed by atoms with van der Waals surface area (Å²) in [5.74, 6) is 0. The van der Waals surface area contributed by atoms with Crippen molar-refractivity contribution in [3.05, 3.63) is 84.2 Å². The molecule has 1 aliphatic carbocycles. The van der Waals surface area contributed by atoms with Crippen molar-refractivity contribution >= 4 is 21.5 Å². The molecule has 1 unspecified atom stereocenters. The molecule has 24 heavy (non-hydrogen) atoms. The van der Waals surface area contributed by atoms with Gasteiger partial charge in [-0.25, -0.2) is 0 Å². The molecule has 4 aromatic rings. The first-order valence-electron chi connectivity index (χ1n) is 8.61. The highest BCUT2D eigenvalue weighted by atomic mass is 14.6. The number of hydrogen-bond donors (Lipinski definition) is 2. The lowest BCUT2D eigenvalue weighted by molar-refractivity contribution is 0.573. The predicted molar refractivity (Wildman–Crippen MR) is 102 cm³/mol. The van der Waals surface area contributed by atoms with Crippen molar-refractivity contribution in [1.29, 1.82) is 0 Å². The normalized spacial score (nSPS) is 16.5. The summed E-state index contributed by atoms with van der Waals surface area (Å²) in [6, 6.07) is 21.7. The molecule has 0 spiro atoms. The number of hydrogen-bond acceptors (Lipinski definition) is 1. The van der Waals surface area contributed by atoms with E-state index in [4.69, 9.17) is 5.73 Å². The Morgan fingerprint density at radius 2 is 1.58 bits per heavy atom. The van der Waals surface area contributed by atoms with Crippen molar-refractivity contribution in [2.24, 2.45) is 5.73 Å². The van der Waals surface area contributed by atoms with E-state index < -0.39 is 0 Å². The van der Waals surface area contributed by atoms with Crippen molar-refractivity contribution in [2.45, 2.75) is 25.3 Å². The maximum atomic E-state index is 6.25. The standard InChI is InChI=1S/C18H17N.C4H5N/c19-18-7-3-6-14-16-9-8-12-4-1-2-5-13(12)15(16)10-11-17(14)18;1-2-4-5-3-1/h1-2,4-5,8-11,18H,3,6-7,19H2;1-5H. The molecule has 1 aromatic heterocycles. The number of aromatic nitrogens is 1. The van der Waals surface area contributed by atoms with E-state index in [2.05, 4.69) is 53.5 Å². The van der Waals surface area contributed by atoms with E-state index in [1.54, 1.807) is 0 Å². The van der Waals surface area contributed by atoms with Gasteiger partial charge in [-0.1, -0.05) is 48.5 Å². The molecule has 0 aliphatic heterocycles. The lowest BCUT2D eigenvalue weighted by Gasteiger charge is -2.24. The molecule has 2 nitrogen and oxygen atoms in total. The largest absolute Gasteiger partial charge is 0.368 e. The Labute approximate surface area is 142 Å². The third-order valence-electron chi connectivity index (χ3n) is 4.91. The highest BCUT2D eigenvalue weighted by molar-refractivity contribution is 6.08. The van der Waals surface area contributed by atoms with Gasteiger partial charge in [-0.2, -0.15) is 0 Å². The molecule has 1 aliphatic rings. The second-order valence-corrected chi connectivity index (χ2v) is 6.40. The molecule has 0 saturated carbocycles. The zero-order valence-corrected chi connectivity index (χ0v) is 13.7. The maximum Gasteiger partial charge on any atom is 0.0297 e. The van der Waals surface area contributed by atoms with Crippen molar-refractivity contribution in [2.75, 3.05) is 0 Å². The molecule has 0 fully saturated rings. The van der Waals surface area contributed by atoms with Crippen molar-refractivity contribution in [3.8, 4) is 0 Å². The summed E-state index contributed by atoms with van der Waals surface area (Å²) in [5, 5.41) is 5.43. The van der Waals surface area contributed by atoms with Crippen LogP contribution in [-0.4, -0.2) is 4.98 Å². The van der Waals surface area contributed by atoms with Gasteiger partial charge in [-0.15, -0.1) is 0 Å². The molecule has 0 bridgehead atoms. The molecule has 0 saturated heterocycles. The minimum atomic E-state index is 0.222. The van der Waals surface area contributed by atoms with Crippen LogP contribution in [-0.2, 0) is 6.42 Å². The van der Waals surface area contributed by atoms with Gasteiger partial charge in [0.15, 0.2) is 0 Å². The van der Waals surface area contributed by atoms with Crippen LogP contribution in [0, 0.1) is 0 Å².